The van der Waals surface area contributed by atoms with E-state index in [0.29, 0.717) is 25.4 Å². The minimum absolute atomic E-state index is 0.379. The second-order valence-corrected chi connectivity index (χ2v) is 8.67. The van der Waals surface area contributed by atoms with Crippen LogP contribution in [0.25, 0.3) is 0 Å². The lowest BCUT2D eigenvalue weighted by Gasteiger charge is -2.06. The minimum atomic E-state index is 0.379. The molecule has 2 atom stereocenters. The summed E-state index contributed by atoms with van der Waals surface area (Å²) in [6, 6.07) is 0. The maximum Gasteiger partial charge on any atom is 0.104 e. The fourth-order valence-corrected chi connectivity index (χ4v) is 3.57. The Morgan fingerprint density at radius 3 is 1.46 bits per heavy atom. The molecule has 2 rings (SSSR count). The quantitative estimate of drug-likeness (QED) is 0.211. The second kappa shape index (κ2) is 16.4. The molecule has 0 radical (unpaired) electrons. The number of thioether (sulfide) groups is 2. The first-order valence-corrected chi connectivity index (χ1v) is 12.0. The molecule has 2 fully saturated rings. The van der Waals surface area contributed by atoms with Gasteiger partial charge in [-0.25, -0.2) is 0 Å². The molecule has 0 bridgehead atoms. The standard InChI is InChI=1S/C18H34O6S2/c1(3-21-13-17-15-23-17)9-25-11-7-19-5-6-20-8-12-26-10-2-4-22-14-18-16-24-18/h17-18H,1-16H2. The summed E-state index contributed by atoms with van der Waals surface area (Å²) >= 11 is 3.84. The lowest BCUT2D eigenvalue weighted by Crippen LogP contribution is -2.09. The van der Waals surface area contributed by atoms with E-state index in [1.54, 1.807) is 0 Å². The third kappa shape index (κ3) is 15.5. The van der Waals surface area contributed by atoms with E-state index >= 15 is 0 Å². The average Bonchev–Trinajstić information content (AvgIpc) is 3.54. The molecule has 0 N–H and O–H groups in total. The van der Waals surface area contributed by atoms with Gasteiger partial charge in [-0.1, -0.05) is 0 Å². The molecule has 2 aliphatic rings. The third-order valence-electron chi connectivity index (χ3n) is 3.68. The summed E-state index contributed by atoms with van der Waals surface area (Å²) in [5.74, 6) is 4.33. The Labute approximate surface area is 166 Å². The summed E-state index contributed by atoms with van der Waals surface area (Å²) in [7, 11) is 0. The van der Waals surface area contributed by atoms with Gasteiger partial charge < -0.3 is 28.4 Å². The van der Waals surface area contributed by atoms with Gasteiger partial charge in [0.15, 0.2) is 0 Å². The highest BCUT2D eigenvalue weighted by molar-refractivity contribution is 7.99. The second-order valence-electron chi connectivity index (χ2n) is 6.22. The van der Waals surface area contributed by atoms with Gasteiger partial charge in [0, 0.05) is 24.7 Å². The molecule has 2 saturated heterocycles. The molecule has 2 unspecified atom stereocenters. The van der Waals surface area contributed by atoms with Crippen LogP contribution in [-0.2, 0) is 28.4 Å². The Morgan fingerprint density at radius 1 is 0.577 bits per heavy atom. The van der Waals surface area contributed by atoms with Gasteiger partial charge in [-0.05, 0) is 24.3 Å². The van der Waals surface area contributed by atoms with Gasteiger partial charge in [-0.3, -0.25) is 0 Å². The molecule has 0 aromatic rings. The molecular formula is C18H34O6S2. The van der Waals surface area contributed by atoms with E-state index in [1.807, 2.05) is 23.5 Å². The lowest BCUT2D eigenvalue weighted by molar-refractivity contribution is 0.0605. The Kier molecular flexibility index (Phi) is 14.4. The Bertz CT molecular complexity index is 286. The van der Waals surface area contributed by atoms with Gasteiger partial charge in [-0.15, -0.1) is 0 Å². The van der Waals surface area contributed by atoms with Crippen LogP contribution in [-0.4, -0.2) is 101 Å². The molecule has 0 aromatic carbocycles. The number of hydrogen-bond donors (Lipinski definition) is 0. The van der Waals surface area contributed by atoms with Crippen molar-refractivity contribution in [1.29, 1.82) is 0 Å². The van der Waals surface area contributed by atoms with E-state index in [-0.39, 0.29) is 0 Å². The maximum atomic E-state index is 5.57. The van der Waals surface area contributed by atoms with Crippen LogP contribution in [0.15, 0.2) is 0 Å². The van der Waals surface area contributed by atoms with E-state index in [4.69, 9.17) is 28.4 Å². The molecule has 2 heterocycles. The Hall–Kier alpha value is 0.460. The van der Waals surface area contributed by atoms with E-state index in [9.17, 15) is 0 Å². The minimum Gasteiger partial charge on any atom is -0.379 e. The summed E-state index contributed by atoms with van der Waals surface area (Å²) in [5.41, 5.74) is 0. The molecule has 26 heavy (non-hydrogen) atoms. The van der Waals surface area contributed by atoms with Crippen molar-refractivity contribution in [2.45, 2.75) is 25.0 Å². The summed E-state index contributed by atoms with van der Waals surface area (Å²) in [4.78, 5) is 0. The Balaban J connectivity index is 1.14. The molecule has 0 spiro atoms. The molecular weight excluding hydrogens is 376 g/mol. The topological polar surface area (TPSA) is 62.0 Å². The van der Waals surface area contributed by atoms with Gasteiger partial charge in [0.1, 0.15) is 12.2 Å². The summed E-state index contributed by atoms with van der Waals surface area (Å²) in [6.45, 7) is 7.91. The predicted molar refractivity (Wildman–Crippen MR) is 107 cm³/mol. The molecule has 8 heteroatoms. The van der Waals surface area contributed by atoms with Gasteiger partial charge in [0.25, 0.3) is 0 Å². The van der Waals surface area contributed by atoms with Gasteiger partial charge in [-0.2, -0.15) is 23.5 Å². The summed E-state index contributed by atoms with van der Waals surface area (Å²) < 4.78 is 32.3. The first kappa shape index (κ1) is 22.7. The fraction of sp³-hybridized carbons (Fsp3) is 1.00. The molecule has 154 valence electrons. The molecule has 0 aromatic heterocycles. The fourth-order valence-electron chi connectivity index (χ4n) is 2.05. The predicted octanol–water partition coefficient (Wildman–Crippen LogP) is 2.10. The average molecular weight is 411 g/mol. The van der Waals surface area contributed by atoms with Crippen LogP contribution < -0.4 is 0 Å². The first-order valence-electron chi connectivity index (χ1n) is 9.65. The van der Waals surface area contributed by atoms with Crippen LogP contribution in [0.4, 0.5) is 0 Å². The SMILES string of the molecule is C(COCC1CO1)CSCCOCCOCCSCCCOCC1CO1. The van der Waals surface area contributed by atoms with Crippen molar-refractivity contribution in [3.8, 4) is 0 Å². The highest BCUT2D eigenvalue weighted by atomic mass is 32.2. The van der Waals surface area contributed by atoms with Crippen molar-refractivity contribution in [1.82, 2.24) is 0 Å². The largest absolute Gasteiger partial charge is 0.379 e. The first-order chi connectivity index (χ1) is 12.9. The zero-order valence-electron chi connectivity index (χ0n) is 15.7. The van der Waals surface area contributed by atoms with Crippen molar-refractivity contribution in [3.05, 3.63) is 0 Å². The van der Waals surface area contributed by atoms with E-state index < -0.39 is 0 Å². The zero-order chi connectivity index (χ0) is 18.1. The van der Waals surface area contributed by atoms with E-state index in [1.165, 1.54) is 0 Å². The van der Waals surface area contributed by atoms with Crippen LogP contribution in [0.1, 0.15) is 12.8 Å². The van der Waals surface area contributed by atoms with Crippen LogP contribution in [0.2, 0.25) is 0 Å². The van der Waals surface area contributed by atoms with E-state index in [2.05, 4.69) is 0 Å². The van der Waals surface area contributed by atoms with Gasteiger partial charge in [0.2, 0.25) is 0 Å². The number of ether oxygens (including phenoxy) is 6. The van der Waals surface area contributed by atoms with Crippen LogP contribution >= 0.6 is 23.5 Å². The summed E-state index contributed by atoms with van der Waals surface area (Å²) in [6.07, 6.45) is 2.95. The highest BCUT2D eigenvalue weighted by Gasteiger charge is 2.22. The van der Waals surface area contributed by atoms with Crippen LogP contribution in [0.3, 0.4) is 0 Å². The molecule has 0 aliphatic carbocycles. The van der Waals surface area contributed by atoms with Crippen LogP contribution in [0, 0.1) is 0 Å². The summed E-state index contributed by atoms with van der Waals surface area (Å²) in [5, 5.41) is 0. The monoisotopic (exact) mass is 410 g/mol. The van der Waals surface area contributed by atoms with Gasteiger partial charge in [0.05, 0.1) is 52.9 Å². The molecule has 6 nitrogen and oxygen atoms in total. The van der Waals surface area contributed by atoms with Crippen LogP contribution in [0.5, 0.6) is 0 Å². The number of rotatable bonds is 21. The van der Waals surface area contributed by atoms with E-state index in [0.717, 1.165) is 88.7 Å². The molecule has 0 saturated carbocycles. The normalized spacial score (nSPS) is 21.2. The van der Waals surface area contributed by atoms with Crippen molar-refractivity contribution >= 4 is 23.5 Å². The number of hydrogen-bond acceptors (Lipinski definition) is 8. The van der Waals surface area contributed by atoms with Crippen molar-refractivity contribution in [2.75, 3.05) is 89.1 Å². The molecule has 0 amide bonds. The van der Waals surface area contributed by atoms with Crippen molar-refractivity contribution in [2.24, 2.45) is 0 Å². The smallest absolute Gasteiger partial charge is 0.104 e. The lowest BCUT2D eigenvalue weighted by atomic mass is 10.5. The van der Waals surface area contributed by atoms with Gasteiger partial charge >= 0.3 is 0 Å². The van der Waals surface area contributed by atoms with Crippen molar-refractivity contribution < 1.29 is 28.4 Å². The molecule has 2 aliphatic heterocycles. The maximum absolute atomic E-state index is 5.57. The zero-order valence-corrected chi connectivity index (χ0v) is 17.4. The highest BCUT2D eigenvalue weighted by Crippen LogP contribution is 2.10. The Morgan fingerprint density at radius 2 is 1.04 bits per heavy atom. The third-order valence-corrected chi connectivity index (χ3v) is 5.75. The van der Waals surface area contributed by atoms with Crippen molar-refractivity contribution in [3.63, 3.8) is 0 Å². The number of epoxide rings is 2.